The predicted molar refractivity (Wildman–Crippen MR) is 77.6 cm³/mol. The molecule has 2 rings (SSSR count). The van der Waals surface area contributed by atoms with Gasteiger partial charge in [-0.2, -0.15) is 0 Å². The highest BCUT2D eigenvalue weighted by atomic mass is 35.5. The summed E-state index contributed by atoms with van der Waals surface area (Å²) in [6.45, 7) is 2.21. The topological polar surface area (TPSA) is 41.6 Å². The second-order valence-corrected chi connectivity index (χ2v) is 6.62. The van der Waals surface area contributed by atoms with Gasteiger partial charge in [-0.15, -0.1) is 11.3 Å². The lowest BCUT2D eigenvalue weighted by Crippen LogP contribution is -2.54. The summed E-state index contributed by atoms with van der Waals surface area (Å²) in [5.74, 6) is 0.0565. The molecule has 0 spiro atoms. The first kappa shape index (κ1) is 14.8. The smallest absolute Gasteiger partial charge is 0.254 e. The van der Waals surface area contributed by atoms with Crippen molar-refractivity contribution in [3.05, 3.63) is 21.3 Å². The number of hydrogen-bond donors (Lipinski definition) is 1. The molecule has 106 valence electrons. The van der Waals surface area contributed by atoms with Crippen molar-refractivity contribution in [2.24, 2.45) is 0 Å². The zero-order valence-electron chi connectivity index (χ0n) is 11.2. The average Bonchev–Trinajstić information content (AvgIpc) is 2.84. The Labute approximate surface area is 122 Å². The number of likely N-dealkylation sites (N-methyl/N-ethyl adjacent to an activating group) is 1. The highest BCUT2D eigenvalue weighted by Crippen LogP contribution is 2.27. The number of halogens is 1. The van der Waals surface area contributed by atoms with Gasteiger partial charge in [0.25, 0.3) is 5.91 Å². The molecule has 1 N–H and O–H groups in total. The maximum absolute atomic E-state index is 12.6. The van der Waals surface area contributed by atoms with Crippen molar-refractivity contribution in [2.45, 2.75) is 25.0 Å². The fraction of sp³-hybridized carbons (Fsp3) is 0.615. The Kier molecular flexibility index (Phi) is 4.84. The Bertz CT molecular complexity index is 444. The van der Waals surface area contributed by atoms with Crippen molar-refractivity contribution < 1.29 is 9.53 Å². The number of hydrogen-bond acceptors (Lipinski definition) is 4. The van der Waals surface area contributed by atoms with Crippen LogP contribution >= 0.6 is 22.9 Å². The minimum Gasteiger partial charge on any atom is -0.368 e. The second-order valence-electron chi connectivity index (χ2n) is 4.82. The standard InChI is InChI=1S/C13H19ClN2O2S/c1-16(9-10-3-4-11(14)19-10)12(17)13(18-2)5-7-15-8-6-13/h3-4,15H,5-9H2,1-2H3. The lowest BCUT2D eigenvalue weighted by atomic mass is 9.90. The number of rotatable bonds is 4. The second kappa shape index (κ2) is 6.22. The number of carbonyl (C=O) groups excluding carboxylic acids is 1. The first-order valence-corrected chi connectivity index (χ1v) is 7.52. The lowest BCUT2D eigenvalue weighted by molar-refractivity contribution is -0.157. The number of nitrogens with one attached hydrogen (secondary N) is 1. The largest absolute Gasteiger partial charge is 0.368 e. The van der Waals surface area contributed by atoms with Gasteiger partial charge in [-0.1, -0.05) is 11.6 Å². The third kappa shape index (κ3) is 3.28. The number of ether oxygens (including phenoxy) is 1. The van der Waals surface area contributed by atoms with Crippen LogP contribution in [-0.2, 0) is 16.1 Å². The summed E-state index contributed by atoms with van der Waals surface area (Å²) in [4.78, 5) is 15.4. The van der Waals surface area contributed by atoms with Gasteiger partial charge >= 0.3 is 0 Å². The Morgan fingerprint density at radius 1 is 1.53 bits per heavy atom. The molecule has 1 aliphatic heterocycles. The minimum atomic E-state index is -0.666. The van der Waals surface area contributed by atoms with Crippen LogP contribution in [0.15, 0.2) is 12.1 Å². The predicted octanol–water partition coefficient (Wildman–Crippen LogP) is 2.13. The number of nitrogens with zero attached hydrogens (tertiary/aromatic N) is 1. The molecule has 0 atom stereocenters. The summed E-state index contributed by atoms with van der Waals surface area (Å²) in [5, 5.41) is 3.25. The third-order valence-electron chi connectivity index (χ3n) is 3.56. The van der Waals surface area contributed by atoms with Crippen LogP contribution < -0.4 is 5.32 Å². The lowest BCUT2D eigenvalue weighted by Gasteiger charge is -2.37. The van der Waals surface area contributed by atoms with Gasteiger partial charge in [-0.05, 0) is 38.1 Å². The minimum absolute atomic E-state index is 0.0565. The van der Waals surface area contributed by atoms with E-state index in [2.05, 4.69) is 5.32 Å². The van der Waals surface area contributed by atoms with Gasteiger partial charge in [0.1, 0.15) is 5.60 Å². The number of amides is 1. The molecule has 0 unspecified atom stereocenters. The Balaban J connectivity index is 2.04. The summed E-state index contributed by atoms with van der Waals surface area (Å²) < 4.78 is 6.30. The van der Waals surface area contributed by atoms with E-state index in [-0.39, 0.29) is 5.91 Å². The number of carbonyl (C=O) groups is 1. The van der Waals surface area contributed by atoms with E-state index in [0.29, 0.717) is 6.54 Å². The summed E-state index contributed by atoms with van der Waals surface area (Å²) in [6.07, 6.45) is 1.44. The van der Waals surface area contributed by atoms with Crippen LogP contribution in [0.25, 0.3) is 0 Å². The molecule has 1 aromatic rings. The van der Waals surface area contributed by atoms with Crippen LogP contribution in [0.1, 0.15) is 17.7 Å². The van der Waals surface area contributed by atoms with Crippen LogP contribution in [-0.4, -0.2) is 43.7 Å². The number of thiophene rings is 1. The molecular formula is C13H19ClN2O2S. The molecule has 0 bridgehead atoms. The molecule has 1 aromatic heterocycles. The molecule has 2 heterocycles. The molecule has 19 heavy (non-hydrogen) atoms. The van der Waals surface area contributed by atoms with E-state index < -0.39 is 5.60 Å². The fourth-order valence-corrected chi connectivity index (χ4v) is 3.57. The molecule has 0 saturated carbocycles. The van der Waals surface area contributed by atoms with Gasteiger partial charge in [0.05, 0.1) is 10.9 Å². The molecule has 0 aromatic carbocycles. The summed E-state index contributed by atoms with van der Waals surface area (Å²) in [5.41, 5.74) is -0.666. The van der Waals surface area contributed by atoms with Gasteiger partial charge in [0.2, 0.25) is 0 Å². The number of piperidine rings is 1. The summed E-state index contributed by atoms with van der Waals surface area (Å²) in [7, 11) is 3.44. The molecule has 1 fully saturated rings. The Hall–Kier alpha value is -0.620. The first-order valence-electron chi connectivity index (χ1n) is 6.33. The summed E-state index contributed by atoms with van der Waals surface area (Å²) >= 11 is 7.41. The molecular weight excluding hydrogens is 284 g/mol. The van der Waals surface area contributed by atoms with Crippen LogP contribution in [0.2, 0.25) is 4.34 Å². The molecule has 0 radical (unpaired) electrons. The van der Waals surface area contributed by atoms with E-state index in [4.69, 9.17) is 16.3 Å². The van der Waals surface area contributed by atoms with Crippen molar-refractivity contribution in [2.75, 3.05) is 27.2 Å². The van der Waals surface area contributed by atoms with Crippen molar-refractivity contribution in [1.29, 1.82) is 0 Å². The van der Waals surface area contributed by atoms with Crippen molar-refractivity contribution in [3.8, 4) is 0 Å². The Morgan fingerprint density at radius 2 is 2.21 bits per heavy atom. The van der Waals surface area contributed by atoms with E-state index in [9.17, 15) is 4.79 Å². The van der Waals surface area contributed by atoms with E-state index in [0.717, 1.165) is 35.1 Å². The van der Waals surface area contributed by atoms with Crippen LogP contribution in [0, 0.1) is 0 Å². The van der Waals surface area contributed by atoms with Gasteiger partial charge in [0, 0.05) is 19.0 Å². The molecule has 0 aliphatic carbocycles. The highest BCUT2D eigenvalue weighted by molar-refractivity contribution is 7.16. The van der Waals surface area contributed by atoms with Gasteiger partial charge in [-0.25, -0.2) is 0 Å². The zero-order valence-corrected chi connectivity index (χ0v) is 12.8. The van der Waals surface area contributed by atoms with Crippen molar-refractivity contribution in [3.63, 3.8) is 0 Å². The maximum Gasteiger partial charge on any atom is 0.254 e. The quantitative estimate of drug-likeness (QED) is 0.926. The Morgan fingerprint density at radius 3 is 2.74 bits per heavy atom. The van der Waals surface area contributed by atoms with E-state index in [1.165, 1.54) is 11.3 Å². The monoisotopic (exact) mass is 302 g/mol. The van der Waals surface area contributed by atoms with Gasteiger partial charge in [-0.3, -0.25) is 4.79 Å². The van der Waals surface area contributed by atoms with Crippen molar-refractivity contribution >= 4 is 28.8 Å². The average molecular weight is 303 g/mol. The van der Waals surface area contributed by atoms with Gasteiger partial charge in [0.15, 0.2) is 0 Å². The molecule has 1 amide bonds. The molecule has 1 aliphatic rings. The highest BCUT2D eigenvalue weighted by Gasteiger charge is 2.41. The van der Waals surface area contributed by atoms with Crippen LogP contribution in [0.4, 0.5) is 0 Å². The van der Waals surface area contributed by atoms with Crippen molar-refractivity contribution in [1.82, 2.24) is 10.2 Å². The first-order chi connectivity index (χ1) is 9.07. The number of methoxy groups -OCH3 is 1. The normalized spacial score (nSPS) is 18.3. The summed E-state index contributed by atoms with van der Waals surface area (Å²) in [6, 6.07) is 3.81. The van der Waals surface area contributed by atoms with E-state index in [1.54, 1.807) is 12.0 Å². The molecule has 1 saturated heterocycles. The van der Waals surface area contributed by atoms with E-state index >= 15 is 0 Å². The van der Waals surface area contributed by atoms with E-state index in [1.807, 2.05) is 19.2 Å². The molecule has 4 nitrogen and oxygen atoms in total. The van der Waals surface area contributed by atoms with Gasteiger partial charge < -0.3 is 15.0 Å². The third-order valence-corrected chi connectivity index (χ3v) is 4.78. The van der Waals surface area contributed by atoms with Crippen LogP contribution in [0.3, 0.4) is 0 Å². The van der Waals surface area contributed by atoms with Crippen LogP contribution in [0.5, 0.6) is 0 Å². The SMILES string of the molecule is COC1(C(=O)N(C)Cc2ccc(Cl)s2)CCNCC1. The zero-order chi connectivity index (χ0) is 13.9. The molecule has 6 heteroatoms. The maximum atomic E-state index is 12.6. The fourth-order valence-electron chi connectivity index (χ4n) is 2.43.